The van der Waals surface area contributed by atoms with Gasteiger partial charge in [-0.15, -0.1) is 11.8 Å². The molecule has 7 heteroatoms. The number of nitrogens with zero attached hydrogens (tertiary/aromatic N) is 2. The summed E-state index contributed by atoms with van der Waals surface area (Å²) in [6, 6.07) is 12.4. The van der Waals surface area contributed by atoms with Crippen LogP contribution in [0, 0.1) is 10.1 Å². The molecule has 0 aliphatic carbocycles. The molecule has 1 heterocycles. The minimum atomic E-state index is -0.450. The molecule has 1 aliphatic heterocycles. The molecular formula is C15H13N3O3S. The minimum Gasteiger partial charge on any atom is -0.483 e. The van der Waals surface area contributed by atoms with E-state index in [4.69, 9.17) is 4.74 Å². The SMILES string of the molecule is CSc1ccc(NC2=Nc3ccc([N+](=O)[O-])cc3OC2)cc1. The van der Waals surface area contributed by atoms with Crippen molar-refractivity contribution >= 4 is 34.7 Å². The van der Waals surface area contributed by atoms with Crippen LogP contribution in [0.1, 0.15) is 0 Å². The van der Waals surface area contributed by atoms with Crippen LogP contribution in [-0.4, -0.2) is 23.6 Å². The Morgan fingerprint density at radius 3 is 2.73 bits per heavy atom. The van der Waals surface area contributed by atoms with Gasteiger partial charge in [0.05, 0.1) is 11.0 Å². The number of anilines is 1. The van der Waals surface area contributed by atoms with E-state index in [9.17, 15) is 10.1 Å². The molecule has 0 spiro atoms. The molecule has 0 atom stereocenters. The number of ether oxygens (including phenoxy) is 1. The zero-order valence-electron chi connectivity index (χ0n) is 11.8. The highest BCUT2D eigenvalue weighted by atomic mass is 32.2. The molecule has 112 valence electrons. The van der Waals surface area contributed by atoms with Crippen molar-refractivity contribution in [3.8, 4) is 5.75 Å². The predicted octanol–water partition coefficient (Wildman–Crippen LogP) is 3.85. The van der Waals surface area contributed by atoms with E-state index < -0.39 is 4.92 Å². The van der Waals surface area contributed by atoms with Gasteiger partial charge in [-0.25, -0.2) is 4.99 Å². The highest BCUT2D eigenvalue weighted by molar-refractivity contribution is 7.98. The molecule has 0 fully saturated rings. The lowest BCUT2D eigenvalue weighted by atomic mass is 10.2. The van der Waals surface area contributed by atoms with Crippen LogP contribution in [0.5, 0.6) is 5.75 Å². The zero-order chi connectivity index (χ0) is 15.5. The number of thioether (sulfide) groups is 1. The van der Waals surface area contributed by atoms with Gasteiger partial charge in [-0.05, 0) is 36.6 Å². The highest BCUT2D eigenvalue weighted by Gasteiger charge is 2.17. The quantitative estimate of drug-likeness (QED) is 0.529. The normalized spacial score (nSPS) is 12.9. The fourth-order valence-corrected chi connectivity index (χ4v) is 2.46. The standard InChI is InChI=1S/C15H13N3O3S/c1-22-12-5-2-10(3-6-12)16-15-9-21-14-8-11(18(19)20)4-7-13(14)17-15/h2-8H,9H2,1H3,(H,16,17). The summed E-state index contributed by atoms with van der Waals surface area (Å²) in [7, 11) is 0. The third-order valence-electron chi connectivity index (χ3n) is 3.15. The largest absolute Gasteiger partial charge is 0.483 e. The number of hydrogen-bond acceptors (Lipinski definition) is 6. The molecule has 0 saturated carbocycles. The average Bonchev–Trinajstić information content (AvgIpc) is 2.55. The van der Waals surface area contributed by atoms with Crippen molar-refractivity contribution in [3.05, 3.63) is 52.6 Å². The minimum absolute atomic E-state index is 0.00184. The third kappa shape index (κ3) is 3.04. The Labute approximate surface area is 131 Å². The lowest BCUT2D eigenvalue weighted by Gasteiger charge is -2.18. The summed E-state index contributed by atoms with van der Waals surface area (Å²) in [5, 5.41) is 13.9. The van der Waals surface area contributed by atoms with Gasteiger partial charge in [0, 0.05) is 16.6 Å². The van der Waals surface area contributed by atoms with Crippen LogP contribution in [0.2, 0.25) is 0 Å². The van der Waals surface area contributed by atoms with E-state index in [-0.39, 0.29) is 12.3 Å². The van der Waals surface area contributed by atoms with Crippen LogP contribution in [0.4, 0.5) is 17.1 Å². The van der Waals surface area contributed by atoms with Crippen LogP contribution in [0.25, 0.3) is 0 Å². The number of nitro groups is 1. The molecule has 0 radical (unpaired) electrons. The number of hydrogen-bond donors (Lipinski definition) is 1. The maximum absolute atomic E-state index is 10.7. The summed E-state index contributed by atoms with van der Waals surface area (Å²) >= 11 is 1.68. The van der Waals surface area contributed by atoms with Gasteiger partial charge in [0.2, 0.25) is 0 Å². The molecule has 2 aromatic rings. The summed E-state index contributed by atoms with van der Waals surface area (Å²) in [6.45, 7) is 0.248. The lowest BCUT2D eigenvalue weighted by Crippen LogP contribution is -2.23. The first kappa shape index (κ1) is 14.4. The van der Waals surface area contributed by atoms with Crippen LogP contribution in [-0.2, 0) is 0 Å². The smallest absolute Gasteiger partial charge is 0.273 e. The molecule has 0 saturated heterocycles. The second-order valence-corrected chi connectivity index (χ2v) is 5.49. The van der Waals surface area contributed by atoms with E-state index in [1.54, 1.807) is 17.8 Å². The summed E-state index contributed by atoms with van der Waals surface area (Å²) in [5.74, 6) is 1.09. The Morgan fingerprint density at radius 2 is 2.05 bits per heavy atom. The van der Waals surface area contributed by atoms with Crippen molar-refractivity contribution in [1.29, 1.82) is 0 Å². The van der Waals surface area contributed by atoms with Crippen LogP contribution in [0.15, 0.2) is 52.4 Å². The number of nitrogens with one attached hydrogen (secondary N) is 1. The molecule has 6 nitrogen and oxygen atoms in total. The Bertz CT molecular complexity index is 744. The van der Waals surface area contributed by atoms with E-state index in [1.807, 2.05) is 30.5 Å². The van der Waals surface area contributed by atoms with Crippen molar-refractivity contribution in [1.82, 2.24) is 0 Å². The number of non-ortho nitro benzene ring substituents is 1. The summed E-state index contributed by atoms with van der Waals surface area (Å²) in [5.41, 5.74) is 1.50. The first-order chi connectivity index (χ1) is 10.7. The van der Waals surface area contributed by atoms with E-state index in [0.29, 0.717) is 17.3 Å². The Hall–Kier alpha value is -2.54. The Morgan fingerprint density at radius 1 is 1.27 bits per heavy atom. The summed E-state index contributed by atoms with van der Waals surface area (Å²) in [6.07, 6.45) is 2.03. The number of amidine groups is 1. The molecule has 0 unspecified atom stereocenters. The maximum atomic E-state index is 10.7. The molecule has 2 aromatic carbocycles. The molecule has 3 rings (SSSR count). The van der Waals surface area contributed by atoms with Crippen LogP contribution in [0.3, 0.4) is 0 Å². The predicted molar refractivity (Wildman–Crippen MR) is 87.5 cm³/mol. The van der Waals surface area contributed by atoms with E-state index in [0.717, 1.165) is 5.69 Å². The molecule has 0 bridgehead atoms. The topological polar surface area (TPSA) is 76.8 Å². The number of fused-ring (bicyclic) bond motifs is 1. The van der Waals surface area contributed by atoms with Crippen molar-refractivity contribution in [2.45, 2.75) is 4.90 Å². The van der Waals surface area contributed by atoms with Gasteiger partial charge in [0.15, 0.2) is 5.75 Å². The first-order valence-corrected chi connectivity index (χ1v) is 7.78. The van der Waals surface area contributed by atoms with Crippen molar-refractivity contribution < 1.29 is 9.66 Å². The van der Waals surface area contributed by atoms with Crippen LogP contribution >= 0.6 is 11.8 Å². The van der Waals surface area contributed by atoms with E-state index >= 15 is 0 Å². The number of rotatable bonds is 3. The zero-order valence-corrected chi connectivity index (χ0v) is 12.6. The highest BCUT2D eigenvalue weighted by Crippen LogP contribution is 2.34. The Kier molecular flexibility index (Phi) is 3.97. The van der Waals surface area contributed by atoms with Gasteiger partial charge in [-0.2, -0.15) is 0 Å². The van der Waals surface area contributed by atoms with Crippen molar-refractivity contribution in [2.75, 3.05) is 18.2 Å². The van der Waals surface area contributed by atoms with Crippen molar-refractivity contribution in [3.63, 3.8) is 0 Å². The fourth-order valence-electron chi connectivity index (χ4n) is 2.05. The van der Waals surface area contributed by atoms with Gasteiger partial charge in [-0.1, -0.05) is 0 Å². The molecule has 0 aromatic heterocycles. The molecule has 22 heavy (non-hydrogen) atoms. The van der Waals surface area contributed by atoms with Gasteiger partial charge >= 0.3 is 0 Å². The van der Waals surface area contributed by atoms with Gasteiger partial charge < -0.3 is 10.1 Å². The molecule has 1 N–H and O–H groups in total. The number of aliphatic imine (C=N–C) groups is 1. The second-order valence-electron chi connectivity index (χ2n) is 4.61. The fraction of sp³-hybridized carbons (Fsp3) is 0.133. The maximum Gasteiger partial charge on any atom is 0.273 e. The molecule has 0 amide bonds. The molecular weight excluding hydrogens is 302 g/mol. The number of benzene rings is 2. The average molecular weight is 315 g/mol. The second kappa shape index (κ2) is 6.07. The van der Waals surface area contributed by atoms with Gasteiger partial charge in [0.1, 0.15) is 18.1 Å². The van der Waals surface area contributed by atoms with Gasteiger partial charge in [0.25, 0.3) is 5.69 Å². The first-order valence-electron chi connectivity index (χ1n) is 6.55. The van der Waals surface area contributed by atoms with Crippen molar-refractivity contribution in [2.24, 2.45) is 4.99 Å². The molecule has 1 aliphatic rings. The summed E-state index contributed by atoms with van der Waals surface area (Å²) in [4.78, 5) is 15.9. The number of nitro benzene ring substituents is 1. The third-order valence-corrected chi connectivity index (χ3v) is 3.90. The lowest BCUT2D eigenvalue weighted by molar-refractivity contribution is -0.384. The monoisotopic (exact) mass is 315 g/mol. The van der Waals surface area contributed by atoms with Crippen LogP contribution < -0.4 is 10.1 Å². The van der Waals surface area contributed by atoms with E-state index in [1.165, 1.54) is 17.0 Å². The Balaban J connectivity index is 1.80. The van der Waals surface area contributed by atoms with Gasteiger partial charge in [-0.3, -0.25) is 10.1 Å². The van der Waals surface area contributed by atoms with E-state index in [2.05, 4.69) is 10.3 Å². The summed E-state index contributed by atoms with van der Waals surface area (Å²) < 4.78 is 5.54.